The lowest BCUT2D eigenvalue weighted by Crippen LogP contribution is -2.04. The molecule has 4 nitrogen and oxygen atoms in total. The number of pyridine rings is 1. The molecule has 0 radical (unpaired) electrons. The van der Waals surface area contributed by atoms with E-state index < -0.39 is 0 Å². The topological polar surface area (TPSA) is 39.9 Å². The van der Waals surface area contributed by atoms with Gasteiger partial charge in [-0.3, -0.25) is 9.67 Å². The first-order chi connectivity index (χ1) is 10.2. The number of aromatic nitrogens is 3. The van der Waals surface area contributed by atoms with Crippen LogP contribution >= 0.6 is 15.9 Å². The quantitative estimate of drug-likeness (QED) is 0.720. The van der Waals surface area contributed by atoms with Gasteiger partial charge in [0.05, 0.1) is 15.9 Å². The van der Waals surface area contributed by atoms with Gasteiger partial charge in [-0.05, 0) is 34.5 Å². The molecule has 1 aromatic carbocycles. The van der Waals surface area contributed by atoms with E-state index >= 15 is 0 Å². The highest BCUT2D eigenvalue weighted by atomic mass is 79.9. The van der Waals surface area contributed by atoms with Gasteiger partial charge in [0, 0.05) is 18.6 Å². The zero-order valence-corrected chi connectivity index (χ0v) is 13.6. The first-order valence-corrected chi connectivity index (χ1v) is 7.66. The molecule has 0 saturated heterocycles. The molecule has 0 bridgehead atoms. The Morgan fingerprint density at radius 3 is 2.81 bits per heavy atom. The van der Waals surface area contributed by atoms with E-state index in [1.54, 1.807) is 6.20 Å². The minimum Gasteiger partial charge on any atom is -0.485 e. The molecule has 3 rings (SSSR count). The molecule has 108 valence electrons. The third-order valence-corrected chi connectivity index (χ3v) is 4.38. The normalized spacial score (nSPS) is 11.0. The molecule has 0 saturated carbocycles. The van der Waals surface area contributed by atoms with Gasteiger partial charge in [0.15, 0.2) is 0 Å². The number of halogens is 1. The lowest BCUT2D eigenvalue weighted by Gasteiger charge is -2.09. The summed E-state index contributed by atoms with van der Waals surface area (Å²) in [6, 6.07) is 9.92. The Morgan fingerprint density at radius 2 is 2.05 bits per heavy atom. The number of hydrogen-bond acceptors (Lipinski definition) is 3. The Hall–Kier alpha value is -1.88. The highest BCUT2D eigenvalue weighted by Crippen LogP contribution is 2.26. The van der Waals surface area contributed by atoms with E-state index in [0.717, 1.165) is 38.9 Å². The van der Waals surface area contributed by atoms with Gasteiger partial charge >= 0.3 is 0 Å². The molecular formula is C16H16BrN3O. The first kappa shape index (κ1) is 14.1. The van der Waals surface area contributed by atoms with E-state index in [2.05, 4.69) is 32.9 Å². The summed E-state index contributed by atoms with van der Waals surface area (Å²) in [4.78, 5) is 4.40. The summed E-state index contributed by atoms with van der Waals surface area (Å²) in [5, 5.41) is 5.55. The lowest BCUT2D eigenvalue weighted by molar-refractivity contribution is 0.297. The average molecular weight is 346 g/mol. The fourth-order valence-electron chi connectivity index (χ4n) is 2.32. The Labute approximate surface area is 131 Å². The van der Waals surface area contributed by atoms with Crippen LogP contribution in [0.15, 0.2) is 41.0 Å². The summed E-state index contributed by atoms with van der Waals surface area (Å²) in [6.45, 7) is 2.55. The Morgan fingerprint density at radius 1 is 1.24 bits per heavy atom. The van der Waals surface area contributed by atoms with Gasteiger partial charge in [-0.2, -0.15) is 5.10 Å². The second-order valence-electron chi connectivity index (χ2n) is 4.80. The summed E-state index contributed by atoms with van der Waals surface area (Å²) in [6.07, 6.45) is 2.68. The Kier molecular flexibility index (Phi) is 3.92. The summed E-state index contributed by atoms with van der Waals surface area (Å²) < 4.78 is 8.86. The van der Waals surface area contributed by atoms with Crippen molar-refractivity contribution in [3.05, 3.63) is 52.4 Å². The van der Waals surface area contributed by atoms with E-state index in [0.29, 0.717) is 6.61 Å². The molecular weight excluding hydrogens is 330 g/mol. The fraction of sp³-hybridized carbons (Fsp3) is 0.250. The van der Waals surface area contributed by atoms with Crippen molar-refractivity contribution < 1.29 is 4.74 Å². The first-order valence-electron chi connectivity index (χ1n) is 6.87. The van der Waals surface area contributed by atoms with E-state index in [1.165, 1.54) is 0 Å². The van der Waals surface area contributed by atoms with Gasteiger partial charge < -0.3 is 4.74 Å². The minimum atomic E-state index is 0.458. The third kappa shape index (κ3) is 2.65. The van der Waals surface area contributed by atoms with Crippen molar-refractivity contribution in [1.29, 1.82) is 0 Å². The Balaban J connectivity index is 1.89. The molecule has 0 unspecified atom stereocenters. The van der Waals surface area contributed by atoms with Gasteiger partial charge in [-0.25, -0.2) is 0 Å². The number of benzene rings is 1. The SMILES string of the molecule is CCc1nn(C)c(COc2cccc3cccnc23)c1Br. The standard InChI is InChI=1S/C16H16BrN3O/c1-3-12-15(17)13(20(2)19-12)10-21-14-8-4-6-11-7-5-9-18-16(11)14/h4-9H,3,10H2,1-2H3. The van der Waals surface area contributed by atoms with Crippen LogP contribution in [-0.2, 0) is 20.1 Å². The molecule has 0 spiro atoms. The fourth-order valence-corrected chi connectivity index (χ4v) is 3.05. The van der Waals surface area contributed by atoms with Crippen molar-refractivity contribution in [1.82, 2.24) is 14.8 Å². The molecule has 0 atom stereocenters. The van der Waals surface area contributed by atoms with Crippen LogP contribution < -0.4 is 4.74 Å². The van der Waals surface area contributed by atoms with E-state index in [9.17, 15) is 0 Å². The van der Waals surface area contributed by atoms with Crippen LogP contribution in [0.3, 0.4) is 0 Å². The van der Waals surface area contributed by atoms with Gasteiger partial charge in [0.1, 0.15) is 17.9 Å². The van der Waals surface area contributed by atoms with Crippen LogP contribution in [0.1, 0.15) is 18.3 Å². The molecule has 5 heteroatoms. The van der Waals surface area contributed by atoms with Crippen molar-refractivity contribution in [3.8, 4) is 5.75 Å². The lowest BCUT2D eigenvalue weighted by atomic mass is 10.2. The van der Waals surface area contributed by atoms with Crippen LogP contribution in [-0.4, -0.2) is 14.8 Å². The monoisotopic (exact) mass is 345 g/mol. The second kappa shape index (κ2) is 5.85. The largest absolute Gasteiger partial charge is 0.485 e. The molecule has 0 aliphatic carbocycles. The predicted octanol–water partition coefficient (Wildman–Crippen LogP) is 3.87. The van der Waals surface area contributed by atoms with Gasteiger partial charge in [0.2, 0.25) is 0 Å². The minimum absolute atomic E-state index is 0.458. The summed E-state index contributed by atoms with van der Waals surface area (Å²) in [5.74, 6) is 0.791. The predicted molar refractivity (Wildman–Crippen MR) is 86.4 cm³/mol. The van der Waals surface area contributed by atoms with Gasteiger partial charge in [0.25, 0.3) is 0 Å². The molecule has 3 aromatic rings. The molecule has 0 N–H and O–H groups in total. The van der Waals surface area contributed by atoms with Crippen molar-refractivity contribution in [3.63, 3.8) is 0 Å². The zero-order valence-electron chi connectivity index (χ0n) is 12.0. The van der Waals surface area contributed by atoms with Crippen LogP contribution in [0.25, 0.3) is 10.9 Å². The summed E-state index contributed by atoms with van der Waals surface area (Å²) in [7, 11) is 1.93. The maximum Gasteiger partial charge on any atom is 0.146 e. The maximum absolute atomic E-state index is 5.97. The van der Waals surface area contributed by atoms with Gasteiger partial charge in [-0.15, -0.1) is 0 Å². The molecule has 2 heterocycles. The number of aryl methyl sites for hydroxylation is 2. The molecule has 0 fully saturated rings. The molecule has 0 aliphatic rings. The van der Waals surface area contributed by atoms with Crippen molar-refractivity contribution in [2.24, 2.45) is 7.05 Å². The zero-order chi connectivity index (χ0) is 14.8. The number of para-hydroxylation sites is 1. The van der Waals surface area contributed by atoms with Crippen molar-refractivity contribution in [2.45, 2.75) is 20.0 Å². The summed E-state index contributed by atoms with van der Waals surface area (Å²) >= 11 is 3.61. The highest BCUT2D eigenvalue weighted by molar-refractivity contribution is 9.10. The van der Waals surface area contributed by atoms with Crippen LogP contribution in [0.2, 0.25) is 0 Å². The maximum atomic E-state index is 5.97. The second-order valence-corrected chi connectivity index (χ2v) is 5.60. The summed E-state index contributed by atoms with van der Waals surface area (Å²) in [5.41, 5.74) is 2.96. The molecule has 2 aromatic heterocycles. The number of ether oxygens (including phenoxy) is 1. The Bertz CT molecular complexity index is 777. The van der Waals surface area contributed by atoms with Gasteiger partial charge in [-0.1, -0.05) is 25.1 Å². The van der Waals surface area contributed by atoms with Crippen molar-refractivity contribution >= 4 is 26.8 Å². The van der Waals surface area contributed by atoms with Crippen molar-refractivity contribution in [2.75, 3.05) is 0 Å². The number of hydrogen-bond donors (Lipinski definition) is 0. The third-order valence-electron chi connectivity index (χ3n) is 3.46. The number of rotatable bonds is 4. The average Bonchev–Trinajstić information content (AvgIpc) is 2.79. The van der Waals surface area contributed by atoms with E-state index in [1.807, 2.05) is 42.1 Å². The smallest absolute Gasteiger partial charge is 0.146 e. The molecule has 0 amide bonds. The molecule has 21 heavy (non-hydrogen) atoms. The number of fused-ring (bicyclic) bond motifs is 1. The van der Waals surface area contributed by atoms with E-state index in [4.69, 9.17) is 4.74 Å². The van der Waals surface area contributed by atoms with Crippen LogP contribution in [0.5, 0.6) is 5.75 Å². The highest BCUT2D eigenvalue weighted by Gasteiger charge is 2.13. The van der Waals surface area contributed by atoms with Crippen LogP contribution in [0, 0.1) is 0 Å². The molecule has 0 aliphatic heterocycles. The van der Waals surface area contributed by atoms with E-state index in [-0.39, 0.29) is 0 Å². The van der Waals surface area contributed by atoms with Crippen LogP contribution in [0.4, 0.5) is 0 Å². The number of nitrogens with zero attached hydrogens (tertiary/aromatic N) is 3.